The Balaban J connectivity index is 1.73. The summed E-state index contributed by atoms with van der Waals surface area (Å²) in [5, 5.41) is 4.06. The van der Waals surface area contributed by atoms with E-state index in [-0.39, 0.29) is 12.6 Å². The zero-order valence-electron chi connectivity index (χ0n) is 12.0. The van der Waals surface area contributed by atoms with Crippen LogP contribution in [0.4, 0.5) is 0 Å². The standard InChI is InChI=1S/C15H14N4O2S/c1-11-14(22-10-17-11)7-21-15(20)13-5-3-2-4-12(13)6-19-9-16-8-18-19/h2-5,8-10H,6-7H2,1H3. The minimum atomic E-state index is -0.344. The number of hydrogen-bond acceptors (Lipinski definition) is 6. The van der Waals surface area contributed by atoms with Crippen molar-refractivity contribution >= 4 is 17.3 Å². The predicted molar refractivity (Wildman–Crippen MR) is 81.5 cm³/mol. The molecule has 3 aromatic rings. The quantitative estimate of drug-likeness (QED) is 0.677. The molecule has 0 unspecified atom stereocenters. The second-order valence-corrected chi connectivity index (χ2v) is 5.63. The normalized spacial score (nSPS) is 10.6. The van der Waals surface area contributed by atoms with Crippen LogP contribution in [0.5, 0.6) is 0 Å². The number of hydrogen-bond donors (Lipinski definition) is 0. The summed E-state index contributed by atoms with van der Waals surface area (Å²) >= 11 is 1.48. The molecule has 7 heteroatoms. The first-order valence-corrected chi connectivity index (χ1v) is 7.58. The summed E-state index contributed by atoms with van der Waals surface area (Å²) in [6.45, 7) is 2.62. The second-order valence-electron chi connectivity index (χ2n) is 4.69. The second kappa shape index (κ2) is 6.48. The van der Waals surface area contributed by atoms with Gasteiger partial charge in [0.2, 0.25) is 0 Å². The van der Waals surface area contributed by atoms with Gasteiger partial charge in [-0.25, -0.2) is 19.4 Å². The molecule has 2 aromatic heterocycles. The molecule has 6 nitrogen and oxygen atoms in total. The third kappa shape index (κ3) is 3.20. The maximum atomic E-state index is 12.3. The van der Waals surface area contributed by atoms with E-state index in [1.54, 1.807) is 22.6 Å². The first-order valence-electron chi connectivity index (χ1n) is 6.70. The van der Waals surface area contributed by atoms with Crippen LogP contribution >= 0.6 is 11.3 Å². The van der Waals surface area contributed by atoms with E-state index in [9.17, 15) is 4.79 Å². The summed E-state index contributed by atoms with van der Waals surface area (Å²) < 4.78 is 7.07. The highest BCUT2D eigenvalue weighted by atomic mass is 32.1. The third-order valence-corrected chi connectivity index (χ3v) is 4.12. The van der Waals surface area contributed by atoms with Crippen molar-refractivity contribution in [1.82, 2.24) is 19.7 Å². The molecular weight excluding hydrogens is 300 g/mol. The summed E-state index contributed by atoms with van der Waals surface area (Å²) in [6, 6.07) is 7.35. The van der Waals surface area contributed by atoms with Crippen molar-refractivity contribution in [2.45, 2.75) is 20.1 Å². The molecule has 0 bridgehead atoms. The number of rotatable bonds is 5. The van der Waals surface area contributed by atoms with Gasteiger partial charge < -0.3 is 4.74 Å². The van der Waals surface area contributed by atoms with Gasteiger partial charge in [-0.1, -0.05) is 18.2 Å². The van der Waals surface area contributed by atoms with Crippen molar-refractivity contribution < 1.29 is 9.53 Å². The molecule has 0 radical (unpaired) electrons. The van der Waals surface area contributed by atoms with Crippen LogP contribution < -0.4 is 0 Å². The third-order valence-electron chi connectivity index (χ3n) is 3.22. The average molecular weight is 314 g/mol. The van der Waals surface area contributed by atoms with E-state index in [0.29, 0.717) is 12.1 Å². The molecule has 3 rings (SSSR count). The lowest BCUT2D eigenvalue weighted by Crippen LogP contribution is -2.11. The van der Waals surface area contributed by atoms with Crippen LogP contribution in [0, 0.1) is 6.92 Å². The van der Waals surface area contributed by atoms with Gasteiger partial charge in [0, 0.05) is 0 Å². The Morgan fingerprint density at radius 2 is 2.23 bits per heavy atom. The lowest BCUT2D eigenvalue weighted by molar-refractivity contribution is 0.0474. The SMILES string of the molecule is Cc1ncsc1COC(=O)c1ccccc1Cn1cncn1. The Morgan fingerprint density at radius 1 is 1.36 bits per heavy atom. The lowest BCUT2D eigenvalue weighted by Gasteiger charge is -2.09. The number of carbonyl (C=O) groups is 1. The molecule has 2 heterocycles. The Labute approximate surface area is 131 Å². The molecule has 0 spiro atoms. The van der Waals surface area contributed by atoms with Gasteiger partial charge >= 0.3 is 5.97 Å². The molecule has 112 valence electrons. The largest absolute Gasteiger partial charge is 0.456 e. The number of ether oxygens (including phenoxy) is 1. The van der Waals surface area contributed by atoms with E-state index in [0.717, 1.165) is 16.1 Å². The minimum absolute atomic E-state index is 0.243. The van der Waals surface area contributed by atoms with E-state index < -0.39 is 0 Å². The monoisotopic (exact) mass is 314 g/mol. The van der Waals surface area contributed by atoms with E-state index >= 15 is 0 Å². The maximum Gasteiger partial charge on any atom is 0.338 e. The summed E-state index contributed by atoms with van der Waals surface area (Å²) in [6.07, 6.45) is 3.08. The molecule has 0 aliphatic rings. The number of aryl methyl sites for hydroxylation is 1. The molecule has 0 aliphatic heterocycles. The summed E-state index contributed by atoms with van der Waals surface area (Å²) in [7, 11) is 0. The molecule has 0 atom stereocenters. The smallest absolute Gasteiger partial charge is 0.338 e. The zero-order valence-corrected chi connectivity index (χ0v) is 12.8. The van der Waals surface area contributed by atoms with Crippen molar-refractivity contribution in [2.75, 3.05) is 0 Å². The van der Waals surface area contributed by atoms with Gasteiger partial charge in [0.15, 0.2) is 0 Å². The van der Waals surface area contributed by atoms with Crippen molar-refractivity contribution in [1.29, 1.82) is 0 Å². The Morgan fingerprint density at radius 3 is 2.95 bits per heavy atom. The molecule has 0 saturated carbocycles. The fourth-order valence-corrected chi connectivity index (χ4v) is 2.71. The van der Waals surface area contributed by atoms with Crippen molar-refractivity contribution in [3.05, 3.63) is 64.1 Å². The van der Waals surface area contributed by atoms with Gasteiger partial charge in [0.05, 0.1) is 28.2 Å². The molecule has 0 saturated heterocycles. The van der Waals surface area contributed by atoms with Crippen LogP contribution in [0.15, 0.2) is 42.4 Å². The average Bonchev–Trinajstić information content (AvgIpc) is 3.17. The van der Waals surface area contributed by atoms with Crippen molar-refractivity contribution in [2.24, 2.45) is 0 Å². The van der Waals surface area contributed by atoms with E-state index in [2.05, 4.69) is 15.1 Å². The van der Waals surface area contributed by atoms with E-state index in [1.807, 2.05) is 25.1 Å². The molecule has 1 aromatic carbocycles. The highest BCUT2D eigenvalue weighted by Gasteiger charge is 2.14. The number of esters is 1. The van der Waals surface area contributed by atoms with Gasteiger partial charge in [0.1, 0.15) is 19.3 Å². The molecule has 0 amide bonds. The minimum Gasteiger partial charge on any atom is -0.456 e. The topological polar surface area (TPSA) is 69.9 Å². The predicted octanol–water partition coefficient (Wildman–Crippen LogP) is 2.45. The number of nitrogens with zero attached hydrogens (tertiary/aromatic N) is 4. The van der Waals surface area contributed by atoms with Gasteiger partial charge in [0.25, 0.3) is 0 Å². The van der Waals surface area contributed by atoms with Gasteiger partial charge in [-0.05, 0) is 18.6 Å². The Hall–Kier alpha value is -2.54. The molecule has 22 heavy (non-hydrogen) atoms. The highest BCUT2D eigenvalue weighted by molar-refractivity contribution is 7.09. The van der Waals surface area contributed by atoms with Crippen molar-refractivity contribution in [3.63, 3.8) is 0 Å². The summed E-state index contributed by atoms with van der Waals surface area (Å²) in [4.78, 5) is 21.3. The van der Waals surface area contributed by atoms with Crippen LogP contribution in [0.3, 0.4) is 0 Å². The fourth-order valence-electron chi connectivity index (χ4n) is 2.02. The molecule has 0 fully saturated rings. The molecule has 0 aliphatic carbocycles. The number of thiazole rings is 1. The number of carbonyl (C=O) groups excluding carboxylic acids is 1. The number of aromatic nitrogens is 4. The van der Waals surface area contributed by atoms with Crippen LogP contribution in [0.1, 0.15) is 26.5 Å². The van der Waals surface area contributed by atoms with E-state index in [1.165, 1.54) is 17.7 Å². The lowest BCUT2D eigenvalue weighted by atomic mass is 10.1. The zero-order chi connectivity index (χ0) is 15.4. The van der Waals surface area contributed by atoms with Crippen LogP contribution in [0.2, 0.25) is 0 Å². The summed E-state index contributed by atoms with van der Waals surface area (Å²) in [5.74, 6) is -0.344. The Bertz CT molecular complexity index is 767. The molecule has 0 N–H and O–H groups in total. The van der Waals surface area contributed by atoms with Crippen LogP contribution in [-0.4, -0.2) is 25.7 Å². The first kappa shape index (κ1) is 14.4. The van der Waals surface area contributed by atoms with Crippen molar-refractivity contribution in [3.8, 4) is 0 Å². The molecular formula is C15H14N4O2S. The fraction of sp³-hybridized carbons (Fsp3) is 0.200. The van der Waals surface area contributed by atoms with Gasteiger partial charge in [-0.3, -0.25) is 0 Å². The van der Waals surface area contributed by atoms with E-state index in [4.69, 9.17) is 4.74 Å². The number of benzene rings is 1. The maximum absolute atomic E-state index is 12.3. The van der Waals surface area contributed by atoms with Crippen LogP contribution in [0.25, 0.3) is 0 Å². The van der Waals surface area contributed by atoms with Crippen LogP contribution in [-0.2, 0) is 17.9 Å². The summed E-state index contributed by atoms with van der Waals surface area (Å²) in [5.41, 5.74) is 4.03. The van der Waals surface area contributed by atoms with Gasteiger partial charge in [-0.2, -0.15) is 5.10 Å². The first-order chi connectivity index (χ1) is 10.7. The van der Waals surface area contributed by atoms with Gasteiger partial charge in [-0.15, -0.1) is 11.3 Å². The highest BCUT2D eigenvalue weighted by Crippen LogP contribution is 2.16. The Kier molecular flexibility index (Phi) is 4.24.